The number of nitrogens with zero attached hydrogens (tertiary/aromatic N) is 1. The number of aliphatic hydroxyl groups excluding tert-OH is 1. The van der Waals surface area contributed by atoms with E-state index in [9.17, 15) is 0 Å². The van der Waals surface area contributed by atoms with E-state index in [0.29, 0.717) is 6.61 Å². The van der Waals surface area contributed by atoms with E-state index in [1.54, 1.807) is 0 Å². The van der Waals surface area contributed by atoms with Gasteiger partial charge in [0.05, 0.1) is 0 Å². The predicted molar refractivity (Wildman–Crippen MR) is 65.0 cm³/mol. The summed E-state index contributed by atoms with van der Waals surface area (Å²) < 4.78 is 0. The van der Waals surface area contributed by atoms with Gasteiger partial charge in [-0.05, 0) is 45.1 Å². The number of piperidine rings is 1. The minimum absolute atomic E-state index is 0.358. The Bertz CT molecular complexity index is 161. The standard InChI is InChI=1S/C13H27NO/c1-12-7-8-13(2)14(11-12)9-5-3-4-6-10-15/h12-13,15H,3-11H2,1-2H3. The molecule has 0 saturated carbocycles. The first-order valence-corrected chi connectivity index (χ1v) is 6.59. The summed E-state index contributed by atoms with van der Waals surface area (Å²) in [6.07, 6.45) is 7.52. The SMILES string of the molecule is CC1CCC(C)N(CCCCCCO)C1. The van der Waals surface area contributed by atoms with Crippen molar-refractivity contribution in [2.75, 3.05) is 19.7 Å². The van der Waals surface area contributed by atoms with Crippen molar-refractivity contribution >= 4 is 0 Å². The van der Waals surface area contributed by atoms with Gasteiger partial charge in [-0.2, -0.15) is 0 Å². The predicted octanol–water partition coefficient (Wildman–Crippen LogP) is 2.66. The molecule has 1 rings (SSSR count). The highest BCUT2D eigenvalue weighted by atomic mass is 16.2. The van der Waals surface area contributed by atoms with Crippen LogP contribution in [0.5, 0.6) is 0 Å². The topological polar surface area (TPSA) is 23.5 Å². The van der Waals surface area contributed by atoms with E-state index in [-0.39, 0.29) is 0 Å². The highest BCUT2D eigenvalue weighted by Crippen LogP contribution is 2.21. The summed E-state index contributed by atoms with van der Waals surface area (Å²) in [6, 6.07) is 0.791. The molecule has 1 fully saturated rings. The normalized spacial score (nSPS) is 28.2. The van der Waals surface area contributed by atoms with Crippen LogP contribution in [-0.4, -0.2) is 35.7 Å². The monoisotopic (exact) mass is 213 g/mol. The van der Waals surface area contributed by atoms with Gasteiger partial charge in [0.1, 0.15) is 0 Å². The number of hydrogen-bond acceptors (Lipinski definition) is 2. The second-order valence-electron chi connectivity index (χ2n) is 5.16. The number of rotatable bonds is 6. The first-order valence-electron chi connectivity index (χ1n) is 6.59. The fraction of sp³-hybridized carbons (Fsp3) is 1.00. The maximum absolute atomic E-state index is 8.68. The van der Waals surface area contributed by atoms with Gasteiger partial charge in [0.15, 0.2) is 0 Å². The maximum Gasteiger partial charge on any atom is 0.0431 e. The highest BCUT2D eigenvalue weighted by Gasteiger charge is 2.21. The molecule has 0 amide bonds. The summed E-state index contributed by atoms with van der Waals surface area (Å²) in [5, 5.41) is 8.68. The average Bonchev–Trinajstić information content (AvgIpc) is 2.23. The minimum atomic E-state index is 0.358. The van der Waals surface area contributed by atoms with Gasteiger partial charge in [-0.1, -0.05) is 19.8 Å². The van der Waals surface area contributed by atoms with Gasteiger partial charge in [-0.25, -0.2) is 0 Å². The van der Waals surface area contributed by atoms with Gasteiger partial charge < -0.3 is 10.0 Å². The maximum atomic E-state index is 8.68. The largest absolute Gasteiger partial charge is 0.396 e. The molecule has 0 aromatic heterocycles. The van der Waals surface area contributed by atoms with E-state index in [1.165, 1.54) is 45.2 Å². The van der Waals surface area contributed by atoms with E-state index in [0.717, 1.165) is 18.4 Å². The Morgan fingerprint density at radius 3 is 2.53 bits per heavy atom. The summed E-state index contributed by atoms with van der Waals surface area (Å²) in [7, 11) is 0. The van der Waals surface area contributed by atoms with E-state index in [4.69, 9.17) is 5.11 Å². The molecule has 2 atom stereocenters. The third-order valence-electron chi connectivity index (χ3n) is 3.60. The molecule has 0 aliphatic carbocycles. The van der Waals surface area contributed by atoms with Crippen LogP contribution in [0.4, 0.5) is 0 Å². The van der Waals surface area contributed by atoms with E-state index >= 15 is 0 Å². The molecular weight excluding hydrogens is 186 g/mol. The Hall–Kier alpha value is -0.0800. The van der Waals surface area contributed by atoms with Gasteiger partial charge in [0.2, 0.25) is 0 Å². The van der Waals surface area contributed by atoms with Crippen LogP contribution in [0.15, 0.2) is 0 Å². The van der Waals surface area contributed by atoms with Gasteiger partial charge >= 0.3 is 0 Å². The lowest BCUT2D eigenvalue weighted by atomic mass is 9.95. The molecule has 1 heterocycles. The molecule has 0 aromatic rings. The third kappa shape index (κ3) is 4.98. The lowest BCUT2D eigenvalue weighted by Gasteiger charge is -2.36. The molecule has 0 spiro atoms. The fourth-order valence-corrected chi connectivity index (χ4v) is 2.47. The van der Waals surface area contributed by atoms with Crippen molar-refractivity contribution in [2.24, 2.45) is 5.92 Å². The Balaban J connectivity index is 2.08. The van der Waals surface area contributed by atoms with Crippen molar-refractivity contribution in [3.05, 3.63) is 0 Å². The van der Waals surface area contributed by atoms with Gasteiger partial charge in [-0.15, -0.1) is 0 Å². The fourth-order valence-electron chi connectivity index (χ4n) is 2.47. The lowest BCUT2D eigenvalue weighted by Crippen LogP contribution is -2.41. The zero-order chi connectivity index (χ0) is 11.1. The molecule has 0 radical (unpaired) electrons. The van der Waals surface area contributed by atoms with Crippen LogP contribution in [0.3, 0.4) is 0 Å². The summed E-state index contributed by atoms with van der Waals surface area (Å²) in [5.74, 6) is 0.888. The van der Waals surface area contributed by atoms with Crippen LogP contribution in [0.2, 0.25) is 0 Å². The first kappa shape index (κ1) is 13.0. The molecule has 0 aromatic carbocycles. The van der Waals surface area contributed by atoms with Crippen LogP contribution in [0.25, 0.3) is 0 Å². The zero-order valence-corrected chi connectivity index (χ0v) is 10.4. The van der Waals surface area contributed by atoms with Gasteiger partial charge in [-0.3, -0.25) is 0 Å². The Kier molecular flexibility index (Phi) is 6.26. The van der Waals surface area contributed by atoms with Crippen LogP contribution >= 0.6 is 0 Å². The molecule has 1 N–H and O–H groups in total. The number of unbranched alkanes of at least 4 members (excludes halogenated alkanes) is 3. The van der Waals surface area contributed by atoms with Crippen molar-refractivity contribution in [3.63, 3.8) is 0 Å². The Labute approximate surface area is 94.7 Å². The number of aliphatic hydroxyl groups is 1. The average molecular weight is 213 g/mol. The molecule has 1 aliphatic rings. The smallest absolute Gasteiger partial charge is 0.0431 e. The molecule has 1 aliphatic heterocycles. The molecule has 0 bridgehead atoms. The Morgan fingerprint density at radius 2 is 1.80 bits per heavy atom. The molecule has 2 heteroatoms. The molecule has 90 valence electrons. The van der Waals surface area contributed by atoms with E-state index in [1.807, 2.05) is 0 Å². The quantitative estimate of drug-likeness (QED) is 0.686. The van der Waals surface area contributed by atoms with Crippen molar-refractivity contribution in [1.82, 2.24) is 4.90 Å². The molecule has 1 saturated heterocycles. The summed E-state index contributed by atoms with van der Waals surface area (Å²) in [5.41, 5.74) is 0. The minimum Gasteiger partial charge on any atom is -0.396 e. The van der Waals surface area contributed by atoms with Crippen LogP contribution in [0, 0.1) is 5.92 Å². The molecule has 15 heavy (non-hydrogen) atoms. The van der Waals surface area contributed by atoms with Crippen LogP contribution in [-0.2, 0) is 0 Å². The van der Waals surface area contributed by atoms with Gasteiger partial charge in [0, 0.05) is 19.2 Å². The van der Waals surface area contributed by atoms with E-state index < -0.39 is 0 Å². The van der Waals surface area contributed by atoms with E-state index in [2.05, 4.69) is 18.7 Å². The zero-order valence-electron chi connectivity index (χ0n) is 10.4. The molecular formula is C13H27NO. The van der Waals surface area contributed by atoms with Crippen LogP contribution < -0.4 is 0 Å². The number of likely N-dealkylation sites (tertiary alicyclic amines) is 1. The third-order valence-corrected chi connectivity index (χ3v) is 3.60. The van der Waals surface area contributed by atoms with Crippen LogP contribution in [0.1, 0.15) is 52.4 Å². The highest BCUT2D eigenvalue weighted by molar-refractivity contribution is 4.76. The molecule has 2 nitrogen and oxygen atoms in total. The van der Waals surface area contributed by atoms with Crippen molar-refractivity contribution in [3.8, 4) is 0 Å². The Morgan fingerprint density at radius 1 is 1.07 bits per heavy atom. The lowest BCUT2D eigenvalue weighted by molar-refractivity contribution is 0.122. The second-order valence-corrected chi connectivity index (χ2v) is 5.16. The van der Waals surface area contributed by atoms with Crippen molar-refractivity contribution in [1.29, 1.82) is 0 Å². The first-order chi connectivity index (χ1) is 7.24. The summed E-state index contributed by atoms with van der Waals surface area (Å²) in [4.78, 5) is 2.65. The number of hydrogen-bond donors (Lipinski definition) is 1. The summed E-state index contributed by atoms with van der Waals surface area (Å²) in [6.45, 7) is 7.64. The molecule has 2 unspecified atom stereocenters. The summed E-state index contributed by atoms with van der Waals surface area (Å²) >= 11 is 0. The van der Waals surface area contributed by atoms with Crippen molar-refractivity contribution in [2.45, 2.75) is 58.4 Å². The van der Waals surface area contributed by atoms with Gasteiger partial charge in [0.25, 0.3) is 0 Å². The second kappa shape index (κ2) is 7.24. The van der Waals surface area contributed by atoms with Crippen molar-refractivity contribution < 1.29 is 5.11 Å².